The summed E-state index contributed by atoms with van der Waals surface area (Å²) in [7, 11) is 0. The first-order valence-corrected chi connectivity index (χ1v) is 5.89. The minimum atomic E-state index is -0.745. The molecule has 0 aliphatic heterocycles. The highest BCUT2D eigenvalue weighted by Gasteiger charge is 1.96. The summed E-state index contributed by atoms with van der Waals surface area (Å²) < 4.78 is 0. The average molecular weight is 263 g/mol. The zero-order valence-corrected chi connectivity index (χ0v) is 11.6. The van der Waals surface area contributed by atoms with E-state index in [0.717, 1.165) is 6.42 Å². The average Bonchev–Trinajstić information content (AvgIpc) is 2.27. The van der Waals surface area contributed by atoms with Crippen LogP contribution < -0.4 is 5.73 Å². The van der Waals surface area contributed by atoms with Crippen molar-refractivity contribution in [2.45, 2.75) is 53.4 Å². The van der Waals surface area contributed by atoms with Gasteiger partial charge in [-0.2, -0.15) is 0 Å². The lowest BCUT2D eigenvalue weighted by atomic mass is 10.1. The van der Waals surface area contributed by atoms with Crippen LogP contribution in [0.15, 0.2) is 0 Å². The Hall–Kier alpha value is -1.59. The topological polar surface area (TPSA) is 118 Å². The molecule has 4 N–H and O–H groups in total. The highest BCUT2D eigenvalue weighted by atomic mass is 16.4. The molecular formula is C12H25NO5. The number of carboxylic acid groups (broad SMARTS) is 2. The number of carbonyl (C=O) groups excluding carboxylic acids is 1. The summed E-state index contributed by atoms with van der Waals surface area (Å²) in [5.74, 6) is -1.10. The zero-order valence-electron chi connectivity index (χ0n) is 11.6. The number of carbonyl (C=O) groups is 3. The van der Waals surface area contributed by atoms with Crippen LogP contribution in [0.1, 0.15) is 53.4 Å². The number of hydrogen-bond donors (Lipinski definition) is 3. The van der Waals surface area contributed by atoms with Gasteiger partial charge in [-0.25, -0.2) is 0 Å². The van der Waals surface area contributed by atoms with Gasteiger partial charge in [-0.15, -0.1) is 0 Å². The first-order chi connectivity index (χ1) is 8.17. The van der Waals surface area contributed by atoms with Crippen molar-refractivity contribution in [2.24, 2.45) is 11.7 Å². The van der Waals surface area contributed by atoms with Crippen molar-refractivity contribution in [1.82, 2.24) is 0 Å². The molecule has 0 fully saturated rings. The summed E-state index contributed by atoms with van der Waals surface area (Å²) in [6.45, 7) is 7.34. The van der Waals surface area contributed by atoms with E-state index in [2.05, 4.69) is 13.8 Å². The molecule has 6 nitrogen and oxygen atoms in total. The summed E-state index contributed by atoms with van der Waals surface area (Å²) in [5.41, 5.74) is 4.90. The van der Waals surface area contributed by atoms with Gasteiger partial charge in [-0.1, -0.05) is 27.7 Å². The molecule has 0 radical (unpaired) electrons. The van der Waals surface area contributed by atoms with Gasteiger partial charge in [0.05, 0.1) is 0 Å². The summed E-state index contributed by atoms with van der Waals surface area (Å²) in [6, 6.07) is 0. The van der Waals surface area contributed by atoms with E-state index in [4.69, 9.17) is 15.9 Å². The molecule has 0 heterocycles. The molecule has 0 aliphatic rings. The second kappa shape index (κ2) is 15.4. The van der Waals surface area contributed by atoms with Gasteiger partial charge in [-0.3, -0.25) is 14.4 Å². The summed E-state index contributed by atoms with van der Waals surface area (Å²) in [6.07, 6.45) is 1.88. The molecule has 0 rings (SSSR count). The lowest BCUT2D eigenvalue weighted by Gasteiger charge is -1.98. The second-order valence-electron chi connectivity index (χ2n) is 3.89. The van der Waals surface area contributed by atoms with Gasteiger partial charge in [0.15, 0.2) is 0 Å². The van der Waals surface area contributed by atoms with Crippen LogP contribution in [0, 0.1) is 5.92 Å². The molecule has 0 aromatic carbocycles. The van der Waals surface area contributed by atoms with E-state index >= 15 is 0 Å². The van der Waals surface area contributed by atoms with Crippen molar-refractivity contribution in [3.8, 4) is 0 Å². The highest BCUT2D eigenvalue weighted by Crippen LogP contribution is 2.01. The van der Waals surface area contributed by atoms with Gasteiger partial charge < -0.3 is 15.9 Å². The SMILES string of the molecule is CC(C)CCC(N)=O.CCC(=O)O.CCC(=O)O. The molecule has 1 amide bonds. The van der Waals surface area contributed by atoms with E-state index in [1.54, 1.807) is 13.8 Å². The Balaban J connectivity index is -0.000000197. The molecule has 0 atom stereocenters. The lowest BCUT2D eigenvalue weighted by Crippen LogP contribution is -2.10. The molecular weight excluding hydrogens is 238 g/mol. The van der Waals surface area contributed by atoms with Gasteiger partial charge in [0, 0.05) is 19.3 Å². The molecule has 0 saturated heterocycles. The Morgan fingerprint density at radius 3 is 1.33 bits per heavy atom. The Kier molecular flexibility index (Phi) is 18.6. The van der Waals surface area contributed by atoms with E-state index in [1.807, 2.05) is 0 Å². The molecule has 6 heteroatoms. The largest absolute Gasteiger partial charge is 0.481 e. The van der Waals surface area contributed by atoms with Crippen molar-refractivity contribution in [2.75, 3.05) is 0 Å². The van der Waals surface area contributed by atoms with Gasteiger partial charge >= 0.3 is 11.9 Å². The summed E-state index contributed by atoms with van der Waals surface area (Å²) >= 11 is 0. The minimum absolute atomic E-state index is 0.196. The number of aliphatic carboxylic acids is 2. The van der Waals surface area contributed by atoms with Crippen molar-refractivity contribution < 1.29 is 24.6 Å². The minimum Gasteiger partial charge on any atom is -0.481 e. The van der Waals surface area contributed by atoms with Gasteiger partial charge in [0.2, 0.25) is 5.91 Å². The first kappa shape index (κ1) is 21.7. The molecule has 0 spiro atoms. The van der Waals surface area contributed by atoms with Crippen LogP contribution in [0.5, 0.6) is 0 Å². The van der Waals surface area contributed by atoms with Crippen molar-refractivity contribution in [3.05, 3.63) is 0 Å². The van der Waals surface area contributed by atoms with Crippen LogP contribution in [0.3, 0.4) is 0 Å². The molecule has 0 saturated carbocycles. The van der Waals surface area contributed by atoms with E-state index in [9.17, 15) is 14.4 Å². The van der Waals surface area contributed by atoms with Crippen LogP contribution >= 0.6 is 0 Å². The molecule has 0 aromatic heterocycles. The third-order valence-corrected chi connectivity index (χ3v) is 1.57. The Morgan fingerprint density at radius 2 is 1.28 bits per heavy atom. The van der Waals surface area contributed by atoms with Gasteiger partial charge in [0.1, 0.15) is 0 Å². The van der Waals surface area contributed by atoms with Gasteiger partial charge in [-0.05, 0) is 12.3 Å². The maximum absolute atomic E-state index is 10.1. The Bertz CT molecular complexity index is 225. The smallest absolute Gasteiger partial charge is 0.303 e. The van der Waals surface area contributed by atoms with E-state index in [-0.39, 0.29) is 18.7 Å². The van der Waals surface area contributed by atoms with Crippen molar-refractivity contribution in [1.29, 1.82) is 0 Å². The Labute approximate surface area is 108 Å². The zero-order chi connectivity index (χ0) is 15.1. The number of hydrogen-bond acceptors (Lipinski definition) is 3. The number of rotatable bonds is 5. The summed E-state index contributed by atoms with van der Waals surface area (Å²) in [5, 5.41) is 15.4. The monoisotopic (exact) mass is 263 g/mol. The number of amides is 1. The lowest BCUT2D eigenvalue weighted by molar-refractivity contribution is -0.137. The van der Waals surface area contributed by atoms with E-state index in [1.165, 1.54) is 0 Å². The maximum atomic E-state index is 10.1. The fourth-order valence-corrected chi connectivity index (χ4v) is 0.431. The third-order valence-electron chi connectivity index (χ3n) is 1.57. The first-order valence-electron chi connectivity index (χ1n) is 5.89. The number of carboxylic acids is 2. The second-order valence-corrected chi connectivity index (χ2v) is 3.89. The van der Waals surface area contributed by atoms with Crippen LogP contribution in [0.25, 0.3) is 0 Å². The maximum Gasteiger partial charge on any atom is 0.303 e. The van der Waals surface area contributed by atoms with Crippen LogP contribution in [-0.4, -0.2) is 28.1 Å². The number of nitrogens with two attached hydrogens (primary N) is 1. The van der Waals surface area contributed by atoms with E-state index in [0.29, 0.717) is 12.3 Å². The third kappa shape index (κ3) is 47.2. The molecule has 0 bridgehead atoms. The van der Waals surface area contributed by atoms with Crippen LogP contribution in [0.2, 0.25) is 0 Å². The summed E-state index contributed by atoms with van der Waals surface area (Å²) in [4.78, 5) is 28.9. The predicted molar refractivity (Wildman–Crippen MR) is 69.1 cm³/mol. The molecule has 0 aromatic rings. The Morgan fingerprint density at radius 1 is 1.00 bits per heavy atom. The fourth-order valence-electron chi connectivity index (χ4n) is 0.431. The highest BCUT2D eigenvalue weighted by molar-refractivity contribution is 5.73. The van der Waals surface area contributed by atoms with Crippen LogP contribution in [-0.2, 0) is 14.4 Å². The van der Waals surface area contributed by atoms with Crippen LogP contribution in [0.4, 0.5) is 0 Å². The number of primary amides is 1. The van der Waals surface area contributed by atoms with Crippen molar-refractivity contribution in [3.63, 3.8) is 0 Å². The molecule has 18 heavy (non-hydrogen) atoms. The predicted octanol–water partition coefficient (Wildman–Crippen LogP) is 1.87. The molecule has 0 unspecified atom stereocenters. The quantitative estimate of drug-likeness (QED) is 0.699. The molecule has 0 aliphatic carbocycles. The van der Waals surface area contributed by atoms with E-state index < -0.39 is 11.9 Å². The fraction of sp³-hybridized carbons (Fsp3) is 0.750. The molecule has 108 valence electrons. The normalized spacial score (nSPS) is 8.50. The van der Waals surface area contributed by atoms with Crippen molar-refractivity contribution >= 4 is 17.8 Å². The standard InChI is InChI=1S/C6H13NO.2C3H6O2/c1-5(2)3-4-6(7)8;2*1-2-3(4)5/h5H,3-4H2,1-2H3,(H2,7,8);2*2H2,1H3,(H,4,5). The van der Waals surface area contributed by atoms with Gasteiger partial charge in [0.25, 0.3) is 0 Å².